The quantitative estimate of drug-likeness (QED) is 0.890. The maximum absolute atomic E-state index is 11.1. The molecule has 0 unspecified atom stereocenters. The van der Waals surface area contributed by atoms with Crippen LogP contribution in [-0.4, -0.2) is 11.4 Å². The lowest BCUT2D eigenvalue weighted by molar-refractivity contribution is -0.123. The minimum absolute atomic E-state index is 0.351. The lowest BCUT2D eigenvalue weighted by atomic mass is 10.0. The number of hydrogen-bond donors (Lipinski definition) is 2. The third kappa shape index (κ3) is 3.32. The number of rotatable bonds is 4. The van der Waals surface area contributed by atoms with Crippen molar-refractivity contribution in [3.8, 4) is 0 Å². The van der Waals surface area contributed by atoms with Gasteiger partial charge in [0.15, 0.2) is 0 Å². The van der Waals surface area contributed by atoms with E-state index >= 15 is 0 Å². The minimum Gasteiger partial charge on any atom is -0.368 e. The molecule has 0 atom stereocenters. The van der Waals surface area contributed by atoms with Crippen molar-refractivity contribution in [1.29, 1.82) is 0 Å². The molecule has 0 radical (unpaired) electrons. The smallest absolute Gasteiger partial charge is 0.237 e. The Kier molecular flexibility index (Phi) is 4.10. The van der Waals surface area contributed by atoms with Crippen molar-refractivity contribution < 1.29 is 4.79 Å². The second-order valence-electron chi connectivity index (χ2n) is 4.44. The summed E-state index contributed by atoms with van der Waals surface area (Å²) in [6, 6.07) is 6.12. The molecule has 0 aliphatic heterocycles. The third-order valence-electron chi connectivity index (χ3n) is 2.55. The van der Waals surface area contributed by atoms with Gasteiger partial charge in [0.05, 0.1) is 5.54 Å². The second kappa shape index (κ2) is 4.97. The van der Waals surface area contributed by atoms with Crippen LogP contribution in [0.3, 0.4) is 0 Å². The number of aryl methyl sites for hydroxylation is 1. The molecule has 0 aliphatic carbocycles. The molecule has 0 bridgehead atoms. The summed E-state index contributed by atoms with van der Waals surface area (Å²) in [4.78, 5) is 11.1. The van der Waals surface area contributed by atoms with E-state index in [0.29, 0.717) is 6.54 Å². The zero-order valence-electron chi connectivity index (χ0n) is 9.80. The lowest BCUT2D eigenvalue weighted by Gasteiger charge is -2.22. The predicted molar refractivity (Wildman–Crippen MR) is 69.0 cm³/mol. The van der Waals surface area contributed by atoms with Gasteiger partial charge in [0.2, 0.25) is 5.91 Å². The van der Waals surface area contributed by atoms with Crippen LogP contribution in [0.2, 0.25) is 0 Å². The van der Waals surface area contributed by atoms with E-state index in [1.165, 1.54) is 5.56 Å². The van der Waals surface area contributed by atoms with Gasteiger partial charge in [0, 0.05) is 11.0 Å². The average Bonchev–Trinajstić information content (AvgIpc) is 2.16. The van der Waals surface area contributed by atoms with E-state index in [1.54, 1.807) is 13.8 Å². The fourth-order valence-corrected chi connectivity index (χ4v) is 1.83. The number of primary amides is 1. The van der Waals surface area contributed by atoms with E-state index in [-0.39, 0.29) is 5.91 Å². The Morgan fingerprint density at radius 2 is 2.12 bits per heavy atom. The highest BCUT2D eigenvalue weighted by molar-refractivity contribution is 9.10. The number of nitrogens with two attached hydrogens (primary N) is 1. The van der Waals surface area contributed by atoms with Gasteiger partial charge in [-0.25, -0.2) is 0 Å². The molecule has 0 saturated carbocycles. The van der Waals surface area contributed by atoms with Crippen LogP contribution in [-0.2, 0) is 11.3 Å². The molecule has 4 heteroatoms. The number of carbonyl (C=O) groups is 1. The van der Waals surface area contributed by atoms with Gasteiger partial charge in [-0.05, 0) is 38.0 Å². The van der Waals surface area contributed by atoms with Crippen LogP contribution in [0.5, 0.6) is 0 Å². The van der Waals surface area contributed by atoms with Crippen molar-refractivity contribution in [2.45, 2.75) is 32.9 Å². The van der Waals surface area contributed by atoms with Crippen LogP contribution in [0.4, 0.5) is 0 Å². The normalized spacial score (nSPS) is 11.5. The number of carbonyl (C=O) groups excluding carboxylic acids is 1. The van der Waals surface area contributed by atoms with Crippen LogP contribution >= 0.6 is 15.9 Å². The molecule has 1 aromatic carbocycles. The van der Waals surface area contributed by atoms with Gasteiger partial charge >= 0.3 is 0 Å². The highest BCUT2D eigenvalue weighted by Crippen LogP contribution is 2.18. The monoisotopic (exact) mass is 284 g/mol. The number of halogens is 1. The summed E-state index contributed by atoms with van der Waals surface area (Å²) in [6.45, 7) is 6.20. The van der Waals surface area contributed by atoms with Crippen molar-refractivity contribution in [2.75, 3.05) is 0 Å². The molecule has 0 aromatic heterocycles. The topological polar surface area (TPSA) is 55.1 Å². The first-order valence-corrected chi connectivity index (χ1v) is 5.92. The van der Waals surface area contributed by atoms with Gasteiger partial charge in [-0.1, -0.05) is 28.1 Å². The Balaban J connectivity index is 2.72. The molecule has 3 N–H and O–H groups in total. The van der Waals surface area contributed by atoms with Gasteiger partial charge in [0.1, 0.15) is 0 Å². The molecule has 3 nitrogen and oxygen atoms in total. The first-order valence-electron chi connectivity index (χ1n) is 5.13. The fourth-order valence-electron chi connectivity index (χ4n) is 1.20. The van der Waals surface area contributed by atoms with E-state index in [1.807, 2.05) is 25.1 Å². The van der Waals surface area contributed by atoms with Crippen molar-refractivity contribution in [3.05, 3.63) is 33.8 Å². The SMILES string of the molecule is Cc1ccc(CNC(C)(C)C(N)=O)c(Br)c1. The molecule has 16 heavy (non-hydrogen) atoms. The molecule has 0 spiro atoms. The zero-order chi connectivity index (χ0) is 12.3. The highest BCUT2D eigenvalue weighted by atomic mass is 79.9. The minimum atomic E-state index is -0.690. The van der Waals surface area contributed by atoms with Crippen LogP contribution < -0.4 is 11.1 Å². The highest BCUT2D eigenvalue weighted by Gasteiger charge is 2.23. The molecule has 0 saturated heterocycles. The van der Waals surface area contributed by atoms with Crippen molar-refractivity contribution in [3.63, 3.8) is 0 Å². The third-order valence-corrected chi connectivity index (χ3v) is 3.28. The molecular weight excluding hydrogens is 268 g/mol. The Labute approximate surface area is 105 Å². The van der Waals surface area contributed by atoms with Crippen LogP contribution in [0.25, 0.3) is 0 Å². The Bertz CT molecular complexity index is 402. The largest absolute Gasteiger partial charge is 0.368 e. The van der Waals surface area contributed by atoms with Crippen LogP contribution in [0.1, 0.15) is 25.0 Å². The van der Waals surface area contributed by atoms with E-state index in [0.717, 1.165) is 10.0 Å². The molecular formula is C12H17BrN2O. The summed E-state index contributed by atoms with van der Waals surface area (Å²) in [7, 11) is 0. The maximum Gasteiger partial charge on any atom is 0.237 e. The van der Waals surface area contributed by atoms with Gasteiger partial charge in [-0.2, -0.15) is 0 Å². The van der Waals surface area contributed by atoms with Crippen LogP contribution in [0.15, 0.2) is 22.7 Å². The Morgan fingerprint density at radius 1 is 1.50 bits per heavy atom. The first-order chi connectivity index (χ1) is 7.33. The molecule has 1 aromatic rings. The van der Waals surface area contributed by atoms with Gasteiger partial charge in [-0.3, -0.25) is 10.1 Å². The summed E-state index contributed by atoms with van der Waals surface area (Å²) >= 11 is 3.50. The standard InChI is InChI=1S/C12H17BrN2O/c1-8-4-5-9(10(13)6-8)7-15-12(2,3)11(14)16/h4-6,15H,7H2,1-3H3,(H2,14,16). The number of hydrogen-bond acceptors (Lipinski definition) is 2. The van der Waals surface area contributed by atoms with E-state index in [9.17, 15) is 4.79 Å². The van der Waals surface area contributed by atoms with E-state index in [2.05, 4.69) is 21.2 Å². The average molecular weight is 285 g/mol. The Morgan fingerprint density at radius 3 is 2.62 bits per heavy atom. The summed E-state index contributed by atoms with van der Waals surface area (Å²) in [6.07, 6.45) is 0. The van der Waals surface area contributed by atoms with Crippen LogP contribution in [0, 0.1) is 6.92 Å². The molecule has 88 valence electrons. The van der Waals surface area contributed by atoms with Gasteiger partial charge in [-0.15, -0.1) is 0 Å². The fraction of sp³-hybridized carbons (Fsp3) is 0.417. The number of nitrogens with one attached hydrogen (secondary N) is 1. The summed E-state index contributed by atoms with van der Waals surface area (Å²) < 4.78 is 1.04. The van der Waals surface area contributed by atoms with Crippen molar-refractivity contribution in [2.24, 2.45) is 5.73 Å². The lowest BCUT2D eigenvalue weighted by Crippen LogP contribution is -2.50. The summed E-state index contributed by atoms with van der Waals surface area (Å²) in [5, 5.41) is 3.13. The second-order valence-corrected chi connectivity index (χ2v) is 5.29. The number of amides is 1. The molecule has 1 rings (SSSR count). The summed E-state index contributed by atoms with van der Waals surface area (Å²) in [5.41, 5.74) is 6.90. The van der Waals surface area contributed by atoms with Gasteiger partial charge < -0.3 is 5.73 Å². The molecule has 1 amide bonds. The molecule has 0 fully saturated rings. The van der Waals surface area contributed by atoms with Crippen molar-refractivity contribution in [1.82, 2.24) is 5.32 Å². The zero-order valence-corrected chi connectivity index (χ0v) is 11.4. The van der Waals surface area contributed by atoms with Crippen molar-refractivity contribution >= 4 is 21.8 Å². The first kappa shape index (κ1) is 13.2. The summed E-state index contributed by atoms with van der Waals surface area (Å²) in [5.74, 6) is -0.351. The Hall–Kier alpha value is -0.870. The predicted octanol–water partition coefficient (Wildman–Crippen LogP) is 2.11. The maximum atomic E-state index is 11.1. The molecule has 0 aliphatic rings. The number of benzene rings is 1. The van der Waals surface area contributed by atoms with E-state index < -0.39 is 5.54 Å². The van der Waals surface area contributed by atoms with E-state index in [4.69, 9.17) is 5.73 Å². The van der Waals surface area contributed by atoms with Gasteiger partial charge in [0.25, 0.3) is 0 Å². The molecule has 0 heterocycles.